The summed E-state index contributed by atoms with van der Waals surface area (Å²) in [5, 5.41) is 2.64. The molecule has 1 N–H and O–H groups in total. The maximum atomic E-state index is 11.9. The predicted molar refractivity (Wildman–Crippen MR) is 68.6 cm³/mol. The third-order valence-corrected chi connectivity index (χ3v) is 3.68. The number of nitrogens with one attached hydrogen (secondary N) is 1. The molecular formula is C10H8BrN3O2S. The smallest absolute Gasteiger partial charge is 0.267 e. The molecule has 0 atom stereocenters. The Hall–Kier alpha value is -1.47. The van der Waals surface area contributed by atoms with Crippen molar-refractivity contribution in [3.05, 3.63) is 33.3 Å². The van der Waals surface area contributed by atoms with Crippen LogP contribution >= 0.6 is 27.3 Å². The Morgan fingerprint density at radius 1 is 1.53 bits per heavy atom. The fraction of sp³-hybridized carbons (Fsp3) is 0.100. The number of hydrogen-bond donors (Lipinski definition) is 1. The molecule has 0 radical (unpaired) electrons. The topological polar surface area (TPSA) is 64.1 Å². The molecule has 1 amide bonds. The van der Waals surface area contributed by atoms with E-state index in [1.54, 1.807) is 19.4 Å². The van der Waals surface area contributed by atoms with Crippen LogP contribution in [0.3, 0.4) is 0 Å². The molecule has 0 aromatic carbocycles. The van der Waals surface area contributed by atoms with Gasteiger partial charge in [0, 0.05) is 18.5 Å². The van der Waals surface area contributed by atoms with Crippen molar-refractivity contribution >= 4 is 39.0 Å². The number of nitrogens with zero attached hydrogens (tertiary/aromatic N) is 2. The number of hydrogen-bond acceptors (Lipinski definition) is 5. The molecule has 2 aromatic heterocycles. The van der Waals surface area contributed by atoms with E-state index in [1.165, 1.54) is 23.7 Å². The first-order valence-corrected chi connectivity index (χ1v) is 6.22. The highest BCUT2D eigenvalue weighted by Crippen LogP contribution is 2.34. The van der Waals surface area contributed by atoms with Crippen molar-refractivity contribution in [2.24, 2.45) is 0 Å². The maximum Gasteiger partial charge on any atom is 0.267 e. The molecule has 0 spiro atoms. The molecule has 2 rings (SSSR count). The molecule has 2 heterocycles. The third kappa shape index (κ3) is 2.80. The summed E-state index contributed by atoms with van der Waals surface area (Å²) in [7, 11) is 1.55. The number of anilines is 1. The van der Waals surface area contributed by atoms with E-state index in [9.17, 15) is 4.79 Å². The molecule has 17 heavy (non-hydrogen) atoms. The van der Waals surface area contributed by atoms with Gasteiger partial charge in [-0.05, 0) is 15.9 Å². The summed E-state index contributed by atoms with van der Waals surface area (Å²) in [6.07, 6.45) is 4.54. The first-order valence-electron chi connectivity index (χ1n) is 4.61. The number of carbonyl (C=O) groups is 1. The summed E-state index contributed by atoms with van der Waals surface area (Å²) >= 11 is 4.61. The Morgan fingerprint density at radius 3 is 2.94 bits per heavy atom. The Kier molecular flexibility index (Phi) is 3.70. The van der Waals surface area contributed by atoms with E-state index in [2.05, 4.69) is 31.2 Å². The van der Waals surface area contributed by atoms with E-state index in [4.69, 9.17) is 4.74 Å². The molecule has 0 unspecified atom stereocenters. The lowest BCUT2D eigenvalue weighted by molar-refractivity contribution is 0.103. The van der Waals surface area contributed by atoms with Gasteiger partial charge in [0.1, 0.15) is 9.54 Å². The Labute approximate surface area is 110 Å². The molecule has 0 bridgehead atoms. The van der Waals surface area contributed by atoms with Gasteiger partial charge in [-0.2, -0.15) is 0 Å². The van der Waals surface area contributed by atoms with Crippen LogP contribution < -0.4 is 10.1 Å². The third-order valence-electron chi connectivity index (χ3n) is 1.90. The molecule has 0 saturated heterocycles. The highest BCUT2D eigenvalue weighted by molar-refractivity contribution is 9.11. The minimum absolute atomic E-state index is 0.237. The van der Waals surface area contributed by atoms with E-state index >= 15 is 0 Å². The summed E-state index contributed by atoms with van der Waals surface area (Å²) in [6.45, 7) is 0. The molecule has 0 fully saturated rings. The predicted octanol–water partition coefficient (Wildman–Crippen LogP) is 2.56. The SMILES string of the molecule is COc1cc(C(=O)Nc2cnccn2)sc1Br. The number of methoxy groups -OCH3 is 1. The molecule has 7 heteroatoms. The average Bonchev–Trinajstić information content (AvgIpc) is 2.72. The van der Waals surface area contributed by atoms with Crippen LogP contribution in [0.5, 0.6) is 5.75 Å². The van der Waals surface area contributed by atoms with Crippen LogP contribution in [0.15, 0.2) is 28.4 Å². The molecule has 0 aliphatic heterocycles. The van der Waals surface area contributed by atoms with Crippen LogP contribution in [0.2, 0.25) is 0 Å². The Bertz CT molecular complexity index is 530. The number of ether oxygens (including phenoxy) is 1. The first-order chi connectivity index (χ1) is 8.20. The zero-order valence-corrected chi connectivity index (χ0v) is 11.2. The Morgan fingerprint density at radius 2 is 2.35 bits per heavy atom. The highest BCUT2D eigenvalue weighted by atomic mass is 79.9. The molecule has 88 valence electrons. The van der Waals surface area contributed by atoms with Crippen LogP contribution in [0.1, 0.15) is 9.67 Å². The zero-order chi connectivity index (χ0) is 12.3. The van der Waals surface area contributed by atoms with Gasteiger partial charge in [-0.1, -0.05) is 0 Å². The standard InChI is InChI=1S/C10H8BrN3O2S/c1-16-6-4-7(17-9(6)11)10(15)14-8-5-12-2-3-13-8/h2-5H,1H3,(H,13,14,15). The van der Waals surface area contributed by atoms with Crippen molar-refractivity contribution in [3.63, 3.8) is 0 Å². The fourth-order valence-electron chi connectivity index (χ4n) is 1.14. The van der Waals surface area contributed by atoms with Crippen molar-refractivity contribution in [2.45, 2.75) is 0 Å². The molecule has 0 saturated carbocycles. The van der Waals surface area contributed by atoms with Crippen LogP contribution in [-0.2, 0) is 0 Å². The van der Waals surface area contributed by atoms with Crippen molar-refractivity contribution in [1.29, 1.82) is 0 Å². The summed E-state index contributed by atoms with van der Waals surface area (Å²) in [4.78, 5) is 20.2. The van der Waals surface area contributed by atoms with Gasteiger partial charge in [-0.25, -0.2) is 4.98 Å². The number of rotatable bonds is 3. The number of aromatic nitrogens is 2. The van der Waals surface area contributed by atoms with Crippen LogP contribution in [-0.4, -0.2) is 23.0 Å². The van der Waals surface area contributed by atoms with Gasteiger partial charge in [0.15, 0.2) is 5.82 Å². The number of halogens is 1. The number of thiophene rings is 1. The van der Waals surface area contributed by atoms with Gasteiger partial charge in [-0.15, -0.1) is 11.3 Å². The fourth-order valence-corrected chi connectivity index (χ4v) is 2.69. The van der Waals surface area contributed by atoms with Gasteiger partial charge in [-0.3, -0.25) is 9.78 Å². The van der Waals surface area contributed by atoms with Crippen LogP contribution in [0.25, 0.3) is 0 Å². The zero-order valence-electron chi connectivity index (χ0n) is 8.81. The lowest BCUT2D eigenvalue weighted by Gasteiger charge is -2.00. The van der Waals surface area contributed by atoms with Crippen molar-refractivity contribution < 1.29 is 9.53 Å². The van der Waals surface area contributed by atoms with Gasteiger partial charge in [0.2, 0.25) is 0 Å². The minimum atomic E-state index is -0.237. The van der Waals surface area contributed by atoms with E-state index < -0.39 is 0 Å². The monoisotopic (exact) mass is 313 g/mol. The summed E-state index contributed by atoms with van der Waals surface area (Å²) in [6, 6.07) is 1.67. The van der Waals surface area contributed by atoms with E-state index in [-0.39, 0.29) is 5.91 Å². The quantitative estimate of drug-likeness (QED) is 0.946. The van der Waals surface area contributed by atoms with Crippen LogP contribution in [0, 0.1) is 0 Å². The molecule has 2 aromatic rings. The summed E-state index contributed by atoms with van der Waals surface area (Å²) in [5.41, 5.74) is 0. The molecular weight excluding hydrogens is 306 g/mol. The lowest BCUT2D eigenvalue weighted by Crippen LogP contribution is -2.11. The largest absolute Gasteiger partial charge is 0.495 e. The van der Waals surface area contributed by atoms with E-state index in [0.717, 1.165) is 3.79 Å². The summed E-state index contributed by atoms with van der Waals surface area (Å²) in [5.74, 6) is 0.819. The van der Waals surface area contributed by atoms with Crippen molar-refractivity contribution in [2.75, 3.05) is 12.4 Å². The minimum Gasteiger partial charge on any atom is -0.495 e. The Balaban J connectivity index is 2.15. The average molecular weight is 314 g/mol. The molecule has 0 aliphatic carbocycles. The maximum absolute atomic E-state index is 11.9. The normalized spacial score (nSPS) is 10.0. The second-order valence-electron chi connectivity index (χ2n) is 3.00. The van der Waals surface area contributed by atoms with E-state index in [0.29, 0.717) is 16.4 Å². The van der Waals surface area contributed by atoms with Gasteiger partial charge >= 0.3 is 0 Å². The molecule has 0 aliphatic rings. The number of carbonyl (C=O) groups excluding carboxylic acids is 1. The van der Waals surface area contributed by atoms with Crippen LogP contribution in [0.4, 0.5) is 5.82 Å². The first kappa shape index (κ1) is 12.0. The number of amides is 1. The highest BCUT2D eigenvalue weighted by Gasteiger charge is 2.14. The van der Waals surface area contributed by atoms with Gasteiger partial charge < -0.3 is 10.1 Å². The molecule has 5 nitrogen and oxygen atoms in total. The van der Waals surface area contributed by atoms with Crippen molar-refractivity contribution in [3.8, 4) is 5.75 Å². The lowest BCUT2D eigenvalue weighted by atomic mass is 10.4. The van der Waals surface area contributed by atoms with Gasteiger partial charge in [0.25, 0.3) is 5.91 Å². The second kappa shape index (κ2) is 5.24. The van der Waals surface area contributed by atoms with E-state index in [1.807, 2.05) is 0 Å². The second-order valence-corrected chi connectivity index (χ2v) is 5.37. The van der Waals surface area contributed by atoms with Crippen molar-refractivity contribution in [1.82, 2.24) is 9.97 Å². The van der Waals surface area contributed by atoms with Gasteiger partial charge in [0.05, 0.1) is 18.2 Å². The summed E-state index contributed by atoms with van der Waals surface area (Å²) < 4.78 is 5.86.